The second-order valence-electron chi connectivity index (χ2n) is 5.84. The first-order chi connectivity index (χ1) is 11.5. The first-order valence-electron chi connectivity index (χ1n) is 7.82. The summed E-state index contributed by atoms with van der Waals surface area (Å²) in [5.74, 6) is -0.0246. The third-order valence-electron chi connectivity index (χ3n) is 3.81. The Morgan fingerprint density at radius 3 is 2.75 bits per heavy atom. The average molecular weight is 340 g/mol. The van der Waals surface area contributed by atoms with E-state index < -0.39 is 0 Å². The molecule has 124 valence electrons. The van der Waals surface area contributed by atoms with Crippen molar-refractivity contribution in [3.8, 4) is 5.13 Å². The Kier molecular flexibility index (Phi) is 4.76. The minimum absolute atomic E-state index is 0.0246. The number of aromatic nitrogens is 3. The van der Waals surface area contributed by atoms with Crippen LogP contribution in [0.2, 0.25) is 0 Å². The summed E-state index contributed by atoms with van der Waals surface area (Å²) < 4.78 is 1.81. The fourth-order valence-corrected chi connectivity index (χ4v) is 3.36. The SMILES string of the molecule is Cc1cc(C)n(-c2nc(CC(=O)NCc3ccccc3C)cs2)n1. The van der Waals surface area contributed by atoms with Gasteiger partial charge < -0.3 is 5.32 Å². The Balaban J connectivity index is 1.61. The second kappa shape index (κ2) is 6.97. The van der Waals surface area contributed by atoms with Crippen molar-refractivity contribution in [2.24, 2.45) is 0 Å². The van der Waals surface area contributed by atoms with Crippen molar-refractivity contribution in [1.29, 1.82) is 0 Å². The molecule has 0 aliphatic heterocycles. The maximum atomic E-state index is 12.1. The molecule has 5 nitrogen and oxygen atoms in total. The molecule has 0 radical (unpaired) electrons. The van der Waals surface area contributed by atoms with Crippen LogP contribution in [-0.4, -0.2) is 20.7 Å². The number of hydrogen-bond acceptors (Lipinski definition) is 4. The lowest BCUT2D eigenvalue weighted by molar-refractivity contribution is -0.120. The van der Waals surface area contributed by atoms with Gasteiger partial charge in [0.1, 0.15) is 0 Å². The van der Waals surface area contributed by atoms with Gasteiger partial charge in [-0.05, 0) is 38.0 Å². The highest BCUT2D eigenvalue weighted by atomic mass is 32.1. The summed E-state index contributed by atoms with van der Waals surface area (Å²) >= 11 is 1.50. The van der Waals surface area contributed by atoms with Crippen molar-refractivity contribution < 1.29 is 4.79 Å². The van der Waals surface area contributed by atoms with Gasteiger partial charge >= 0.3 is 0 Å². The van der Waals surface area contributed by atoms with E-state index in [9.17, 15) is 4.79 Å². The molecule has 0 unspecified atom stereocenters. The normalized spacial score (nSPS) is 10.8. The van der Waals surface area contributed by atoms with Gasteiger partial charge in [0.2, 0.25) is 11.0 Å². The highest BCUT2D eigenvalue weighted by Gasteiger charge is 2.11. The minimum atomic E-state index is -0.0246. The zero-order valence-electron chi connectivity index (χ0n) is 14.0. The lowest BCUT2D eigenvalue weighted by Crippen LogP contribution is -2.25. The van der Waals surface area contributed by atoms with Gasteiger partial charge in [-0.2, -0.15) is 5.10 Å². The van der Waals surface area contributed by atoms with Crippen molar-refractivity contribution in [2.75, 3.05) is 0 Å². The summed E-state index contributed by atoms with van der Waals surface area (Å²) in [5.41, 5.74) is 5.08. The molecule has 0 spiro atoms. The van der Waals surface area contributed by atoms with E-state index in [2.05, 4.69) is 15.4 Å². The summed E-state index contributed by atoms with van der Waals surface area (Å²) in [5, 5.41) is 10.1. The van der Waals surface area contributed by atoms with Crippen LogP contribution < -0.4 is 5.32 Å². The van der Waals surface area contributed by atoms with E-state index >= 15 is 0 Å². The van der Waals surface area contributed by atoms with E-state index in [0.29, 0.717) is 6.54 Å². The van der Waals surface area contributed by atoms with Gasteiger partial charge in [-0.1, -0.05) is 24.3 Å². The lowest BCUT2D eigenvalue weighted by atomic mass is 10.1. The zero-order valence-corrected chi connectivity index (χ0v) is 14.9. The Bertz CT molecular complexity index is 866. The number of carbonyl (C=O) groups is 1. The largest absolute Gasteiger partial charge is 0.352 e. The number of benzene rings is 1. The van der Waals surface area contributed by atoms with E-state index in [4.69, 9.17) is 0 Å². The van der Waals surface area contributed by atoms with Crippen LogP contribution in [0, 0.1) is 20.8 Å². The summed E-state index contributed by atoms with van der Waals surface area (Å²) in [6, 6.07) is 10.1. The molecule has 3 aromatic rings. The molecule has 0 bridgehead atoms. The number of carbonyl (C=O) groups excluding carboxylic acids is 1. The van der Waals surface area contributed by atoms with Gasteiger partial charge in [0.25, 0.3) is 0 Å². The number of aryl methyl sites for hydroxylation is 3. The van der Waals surface area contributed by atoms with Crippen LogP contribution in [0.5, 0.6) is 0 Å². The van der Waals surface area contributed by atoms with Gasteiger partial charge in [-0.25, -0.2) is 9.67 Å². The van der Waals surface area contributed by atoms with Gasteiger partial charge in [0.05, 0.1) is 17.8 Å². The predicted octanol–water partition coefficient (Wildman–Crippen LogP) is 3.11. The van der Waals surface area contributed by atoms with E-state index in [1.54, 1.807) is 0 Å². The Morgan fingerprint density at radius 1 is 1.25 bits per heavy atom. The summed E-state index contributed by atoms with van der Waals surface area (Å²) in [6.45, 7) is 6.54. The highest BCUT2D eigenvalue weighted by Crippen LogP contribution is 2.17. The second-order valence-corrected chi connectivity index (χ2v) is 6.68. The first-order valence-corrected chi connectivity index (χ1v) is 8.70. The highest BCUT2D eigenvalue weighted by molar-refractivity contribution is 7.12. The zero-order chi connectivity index (χ0) is 17.1. The van der Waals surface area contributed by atoms with Crippen LogP contribution in [0.3, 0.4) is 0 Å². The maximum Gasteiger partial charge on any atom is 0.226 e. The molecule has 0 atom stereocenters. The topological polar surface area (TPSA) is 59.8 Å². The van der Waals surface area contributed by atoms with Crippen LogP contribution in [0.15, 0.2) is 35.7 Å². The molecule has 6 heteroatoms. The van der Waals surface area contributed by atoms with Crippen LogP contribution in [-0.2, 0) is 17.8 Å². The minimum Gasteiger partial charge on any atom is -0.352 e. The van der Waals surface area contributed by atoms with Crippen LogP contribution in [0.25, 0.3) is 5.13 Å². The Labute approximate surface area is 145 Å². The van der Waals surface area contributed by atoms with Gasteiger partial charge in [0, 0.05) is 17.6 Å². The molecule has 3 rings (SSSR count). The molecule has 2 aromatic heterocycles. The average Bonchev–Trinajstić information content (AvgIpc) is 3.12. The molecule has 0 fully saturated rings. The van der Waals surface area contributed by atoms with Crippen LogP contribution in [0.1, 0.15) is 28.2 Å². The summed E-state index contributed by atoms with van der Waals surface area (Å²) in [7, 11) is 0. The molecule has 0 saturated heterocycles. The van der Waals surface area contributed by atoms with Gasteiger partial charge in [-0.3, -0.25) is 4.79 Å². The molecule has 24 heavy (non-hydrogen) atoms. The van der Waals surface area contributed by atoms with Gasteiger partial charge in [-0.15, -0.1) is 11.3 Å². The third-order valence-corrected chi connectivity index (χ3v) is 4.67. The molecule has 2 heterocycles. The monoisotopic (exact) mass is 340 g/mol. The fourth-order valence-electron chi connectivity index (χ4n) is 2.53. The summed E-state index contributed by atoms with van der Waals surface area (Å²) in [4.78, 5) is 16.7. The standard InChI is InChI=1S/C18H20N4OS/c1-12-6-4-5-7-15(12)10-19-17(23)9-16-11-24-18(20-16)22-14(3)8-13(2)21-22/h4-8,11H,9-10H2,1-3H3,(H,19,23). The molecule has 0 saturated carbocycles. The van der Waals surface area contributed by atoms with Crippen molar-refractivity contribution in [2.45, 2.75) is 33.7 Å². The van der Waals surface area contributed by atoms with Crippen LogP contribution >= 0.6 is 11.3 Å². The van der Waals surface area contributed by atoms with E-state index in [1.165, 1.54) is 16.9 Å². The first kappa shape index (κ1) is 16.4. The van der Waals surface area contributed by atoms with E-state index in [-0.39, 0.29) is 12.3 Å². The van der Waals surface area contributed by atoms with E-state index in [1.807, 2.05) is 61.2 Å². The number of hydrogen-bond donors (Lipinski definition) is 1. The number of rotatable bonds is 5. The molecule has 1 aromatic carbocycles. The van der Waals surface area contributed by atoms with Gasteiger partial charge in [0.15, 0.2) is 0 Å². The summed E-state index contributed by atoms with van der Waals surface area (Å²) in [6.07, 6.45) is 0.279. The third kappa shape index (κ3) is 3.71. The van der Waals surface area contributed by atoms with Crippen molar-refractivity contribution in [3.05, 3.63) is 63.9 Å². The van der Waals surface area contributed by atoms with Crippen LogP contribution in [0.4, 0.5) is 0 Å². The molecule has 1 amide bonds. The van der Waals surface area contributed by atoms with Crippen molar-refractivity contribution in [3.63, 3.8) is 0 Å². The van der Waals surface area contributed by atoms with E-state index in [0.717, 1.165) is 27.8 Å². The number of amides is 1. The fraction of sp³-hybridized carbons (Fsp3) is 0.278. The smallest absolute Gasteiger partial charge is 0.226 e. The lowest BCUT2D eigenvalue weighted by Gasteiger charge is -2.07. The molecule has 0 aliphatic rings. The number of nitrogens with one attached hydrogen (secondary N) is 1. The predicted molar refractivity (Wildman–Crippen MR) is 95.4 cm³/mol. The number of nitrogens with zero attached hydrogens (tertiary/aromatic N) is 3. The number of thiazole rings is 1. The molecular formula is C18H20N4OS. The Hall–Kier alpha value is -2.47. The maximum absolute atomic E-state index is 12.1. The molecule has 0 aliphatic carbocycles. The molecular weight excluding hydrogens is 320 g/mol. The molecule has 1 N–H and O–H groups in total. The quantitative estimate of drug-likeness (QED) is 0.776. The Morgan fingerprint density at radius 2 is 2.04 bits per heavy atom. The van der Waals surface area contributed by atoms with Crippen molar-refractivity contribution in [1.82, 2.24) is 20.1 Å². The van der Waals surface area contributed by atoms with Crippen molar-refractivity contribution >= 4 is 17.2 Å².